The van der Waals surface area contributed by atoms with Crippen LogP contribution in [0.2, 0.25) is 0 Å². The molecule has 0 amide bonds. The number of aromatic nitrogens is 4. The van der Waals surface area contributed by atoms with E-state index in [0.717, 1.165) is 36.9 Å². The third-order valence-corrected chi connectivity index (χ3v) is 6.20. The van der Waals surface area contributed by atoms with E-state index < -0.39 is 5.82 Å². The summed E-state index contributed by atoms with van der Waals surface area (Å²) in [5.41, 5.74) is 9.32. The van der Waals surface area contributed by atoms with Crippen molar-refractivity contribution in [2.75, 3.05) is 5.73 Å². The van der Waals surface area contributed by atoms with Crippen LogP contribution in [0.25, 0.3) is 5.69 Å². The van der Waals surface area contributed by atoms with E-state index in [1.54, 1.807) is 54.3 Å². The van der Waals surface area contributed by atoms with Crippen LogP contribution in [-0.4, -0.2) is 19.7 Å². The fourth-order valence-electron chi connectivity index (χ4n) is 4.37. The Morgan fingerprint density at radius 1 is 1.06 bits per heavy atom. The van der Waals surface area contributed by atoms with Crippen molar-refractivity contribution >= 4 is 5.69 Å². The minimum Gasteiger partial charge on any atom is -0.489 e. The highest BCUT2D eigenvalue weighted by Gasteiger charge is 2.26. The van der Waals surface area contributed by atoms with Gasteiger partial charge in [0.1, 0.15) is 41.6 Å². The molecule has 0 aliphatic heterocycles. The first-order valence-corrected chi connectivity index (χ1v) is 11.8. The van der Waals surface area contributed by atoms with Crippen molar-refractivity contribution < 1.29 is 13.9 Å². The smallest absolute Gasteiger partial charge is 0.167 e. The number of aryl methyl sites for hydroxylation is 1. The second-order valence-corrected chi connectivity index (χ2v) is 8.80. The van der Waals surface area contributed by atoms with Crippen LogP contribution >= 0.6 is 0 Å². The van der Waals surface area contributed by atoms with Crippen molar-refractivity contribution in [3.8, 4) is 29.0 Å². The SMILES string of the molecule is Cc1ncc(COc2cc(F)cc(Oc3ccc(-n4nc(C5CCCC5)c(N)c4C#N)cc3)c2)cn1. The molecule has 0 unspecified atom stereocenters. The van der Waals surface area contributed by atoms with E-state index in [-0.39, 0.29) is 6.61 Å². The molecule has 0 saturated heterocycles. The Hall–Kier alpha value is -4.45. The predicted octanol–water partition coefficient (Wildman–Crippen LogP) is 5.59. The molecular formula is C27H25FN6O2. The van der Waals surface area contributed by atoms with Gasteiger partial charge >= 0.3 is 0 Å². The van der Waals surface area contributed by atoms with Crippen LogP contribution in [-0.2, 0) is 6.61 Å². The van der Waals surface area contributed by atoms with Gasteiger partial charge in [-0.05, 0) is 44.0 Å². The van der Waals surface area contributed by atoms with Crippen molar-refractivity contribution in [2.45, 2.75) is 45.1 Å². The van der Waals surface area contributed by atoms with E-state index in [1.807, 2.05) is 0 Å². The minimum absolute atomic E-state index is 0.203. The molecule has 0 radical (unpaired) electrons. The quantitative estimate of drug-likeness (QED) is 0.364. The molecule has 182 valence electrons. The fourth-order valence-corrected chi connectivity index (χ4v) is 4.37. The largest absolute Gasteiger partial charge is 0.489 e. The van der Waals surface area contributed by atoms with Crippen molar-refractivity contribution in [3.05, 3.63) is 83.5 Å². The molecule has 5 rings (SSSR count). The minimum atomic E-state index is -0.482. The summed E-state index contributed by atoms with van der Waals surface area (Å²) in [6.45, 7) is 2.00. The summed E-state index contributed by atoms with van der Waals surface area (Å²) in [7, 11) is 0. The molecule has 0 bridgehead atoms. The number of nitrogen functional groups attached to an aromatic ring is 1. The van der Waals surface area contributed by atoms with Crippen LogP contribution in [0.1, 0.15) is 54.4 Å². The summed E-state index contributed by atoms with van der Waals surface area (Å²) in [5, 5.41) is 14.4. The van der Waals surface area contributed by atoms with Gasteiger partial charge < -0.3 is 15.2 Å². The Bertz CT molecular complexity index is 1400. The van der Waals surface area contributed by atoms with Gasteiger partial charge in [0.15, 0.2) is 5.69 Å². The predicted molar refractivity (Wildman–Crippen MR) is 131 cm³/mol. The van der Waals surface area contributed by atoms with E-state index in [1.165, 1.54) is 12.1 Å². The number of ether oxygens (including phenoxy) is 2. The monoisotopic (exact) mass is 484 g/mol. The Morgan fingerprint density at radius 3 is 2.44 bits per heavy atom. The number of halogens is 1. The number of nitrogens with two attached hydrogens (primary N) is 1. The van der Waals surface area contributed by atoms with Crippen molar-refractivity contribution in [2.24, 2.45) is 0 Å². The molecule has 4 aromatic rings. The van der Waals surface area contributed by atoms with Gasteiger partial charge in [-0.2, -0.15) is 10.4 Å². The molecule has 2 N–H and O–H groups in total. The number of benzene rings is 2. The molecule has 1 fully saturated rings. The summed E-state index contributed by atoms with van der Waals surface area (Å²) >= 11 is 0. The maximum atomic E-state index is 14.2. The molecule has 0 atom stereocenters. The molecule has 8 nitrogen and oxygen atoms in total. The van der Waals surface area contributed by atoms with E-state index in [2.05, 4.69) is 21.1 Å². The van der Waals surface area contributed by atoms with Crippen LogP contribution in [0.15, 0.2) is 54.9 Å². The second kappa shape index (κ2) is 10.0. The lowest BCUT2D eigenvalue weighted by atomic mass is 10.0. The lowest BCUT2D eigenvalue weighted by Crippen LogP contribution is -2.01. The Labute approximate surface area is 208 Å². The van der Waals surface area contributed by atoms with Gasteiger partial charge in [-0.15, -0.1) is 0 Å². The molecular weight excluding hydrogens is 459 g/mol. The lowest BCUT2D eigenvalue weighted by Gasteiger charge is -2.11. The fraction of sp³-hybridized carbons (Fsp3) is 0.259. The highest BCUT2D eigenvalue weighted by molar-refractivity contribution is 5.58. The molecule has 36 heavy (non-hydrogen) atoms. The Kier molecular flexibility index (Phi) is 6.50. The zero-order valence-corrected chi connectivity index (χ0v) is 19.8. The van der Waals surface area contributed by atoms with Crippen LogP contribution in [0.3, 0.4) is 0 Å². The number of anilines is 1. The van der Waals surface area contributed by atoms with Crippen molar-refractivity contribution in [1.29, 1.82) is 5.26 Å². The molecule has 1 saturated carbocycles. The maximum absolute atomic E-state index is 14.2. The first kappa shape index (κ1) is 23.3. The molecule has 1 aliphatic rings. The Morgan fingerprint density at radius 2 is 1.75 bits per heavy atom. The van der Waals surface area contributed by atoms with Crippen LogP contribution in [0.4, 0.5) is 10.1 Å². The summed E-state index contributed by atoms with van der Waals surface area (Å²) in [5.74, 6) is 1.60. The summed E-state index contributed by atoms with van der Waals surface area (Å²) in [6, 6.07) is 13.4. The average molecular weight is 485 g/mol. The third-order valence-electron chi connectivity index (χ3n) is 6.20. The van der Waals surface area contributed by atoms with Gasteiger partial charge in [-0.3, -0.25) is 0 Å². The van der Waals surface area contributed by atoms with Crippen LogP contribution < -0.4 is 15.2 Å². The van der Waals surface area contributed by atoms with Crippen molar-refractivity contribution in [3.63, 3.8) is 0 Å². The number of nitriles is 1. The second-order valence-electron chi connectivity index (χ2n) is 8.80. The van der Waals surface area contributed by atoms with Gasteiger partial charge in [0.05, 0.1) is 17.1 Å². The van der Waals surface area contributed by atoms with Gasteiger partial charge in [0, 0.05) is 42.1 Å². The third kappa shape index (κ3) is 4.98. The zero-order valence-electron chi connectivity index (χ0n) is 19.8. The van der Waals surface area contributed by atoms with Gasteiger partial charge in [0.2, 0.25) is 0 Å². The van der Waals surface area contributed by atoms with E-state index in [4.69, 9.17) is 15.2 Å². The molecule has 2 aromatic carbocycles. The van der Waals surface area contributed by atoms with Gasteiger partial charge in [0.25, 0.3) is 0 Å². The van der Waals surface area contributed by atoms with E-state index in [9.17, 15) is 9.65 Å². The molecule has 0 spiro atoms. The van der Waals surface area contributed by atoms with Crippen LogP contribution in [0.5, 0.6) is 17.2 Å². The van der Waals surface area contributed by atoms with Crippen LogP contribution in [0, 0.1) is 24.1 Å². The Balaban J connectivity index is 1.31. The van der Waals surface area contributed by atoms with Crippen molar-refractivity contribution in [1.82, 2.24) is 19.7 Å². The zero-order chi connectivity index (χ0) is 25.1. The molecule has 9 heteroatoms. The number of rotatable bonds is 7. The maximum Gasteiger partial charge on any atom is 0.167 e. The van der Waals surface area contributed by atoms with Gasteiger partial charge in [-0.25, -0.2) is 19.0 Å². The number of nitrogens with zero attached hydrogens (tertiary/aromatic N) is 5. The first-order chi connectivity index (χ1) is 17.5. The highest BCUT2D eigenvalue weighted by Crippen LogP contribution is 2.38. The normalized spacial score (nSPS) is 13.5. The summed E-state index contributed by atoms with van der Waals surface area (Å²) in [6.07, 6.45) is 7.72. The lowest BCUT2D eigenvalue weighted by molar-refractivity contribution is 0.301. The van der Waals surface area contributed by atoms with Gasteiger partial charge in [-0.1, -0.05) is 12.8 Å². The number of hydrogen-bond acceptors (Lipinski definition) is 7. The molecule has 2 aromatic heterocycles. The van der Waals surface area contributed by atoms with E-state index >= 15 is 0 Å². The van der Waals surface area contributed by atoms with E-state index in [0.29, 0.717) is 46.1 Å². The highest BCUT2D eigenvalue weighted by atomic mass is 19.1. The average Bonchev–Trinajstić information content (AvgIpc) is 3.51. The first-order valence-electron chi connectivity index (χ1n) is 11.8. The summed E-state index contributed by atoms with van der Waals surface area (Å²) in [4.78, 5) is 8.25. The standard InChI is InChI=1S/C27H25FN6O2/c1-17-31-14-18(15-32-17)16-35-23-10-20(28)11-24(12-23)36-22-8-6-21(7-9-22)34-25(13-29)26(30)27(33-34)19-4-2-3-5-19/h6-12,14-15,19H,2-5,16,30H2,1H3. The molecule has 1 aliphatic carbocycles. The molecule has 2 heterocycles. The summed E-state index contributed by atoms with van der Waals surface area (Å²) < 4.78 is 27.3. The topological polar surface area (TPSA) is 112 Å². The number of hydrogen-bond donors (Lipinski definition) is 1.